The molecule has 2 nitrogen and oxygen atoms in total. The Labute approximate surface area is 119 Å². The van der Waals surface area contributed by atoms with Gasteiger partial charge in [-0.1, -0.05) is 38.1 Å². The number of hydrogen-bond acceptors (Lipinski definition) is 2. The molecule has 0 fully saturated rings. The number of carbonyl (C=O) groups is 1. The first-order valence-electron chi connectivity index (χ1n) is 6.32. The fraction of sp³-hybridized carbons (Fsp3) is 0.250. The lowest BCUT2D eigenvalue weighted by Gasteiger charge is -2.09. The molecule has 0 bridgehead atoms. The Hall–Kier alpha value is -1.67. The molecule has 3 heteroatoms. The molecule has 0 aliphatic carbocycles. The standard InChI is InChI=1S/C14H12ClNO.C2H6/c1-9-5-3-4-6-11(9)12-7-10(2)16-8-13(12)14(15)17;1-2/h3-8H,1-2H3;1-2H3. The van der Waals surface area contributed by atoms with Gasteiger partial charge in [-0.2, -0.15) is 0 Å². The Balaban J connectivity index is 0.000000861. The summed E-state index contributed by atoms with van der Waals surface area (Å²) in [6.45, 7) is 7.90. The molecule has 0 amide bonds. The van der Waals surface area contributed by atoms with Crippen LogP contribution in [0.5, 0.6) is 0 Å². The van der Waals surface area contributed by atoms with E-state index in [9.17, 15) is 4.79 Å². The van der Waals surface area contributed by atoms with Crippen LogP contribution in [-0.4, -0.2) is 10.2 Å². The molecule has 0 unspecified atom stereocenters. The molecule has 1 heterocycles. The molecule has 19 heavy (non-hydrogen) atoms. The first-order chi connectivity index (χ1) is 9.09. The third kappa shape index (κ3) is 3.65. The van der Waals surface area contributed by atoms with Crippen LogP contribution in [0.15, 0.2) is 36.5 Å². The predicted octanol–water partition coefficient (Wildman–Crippen LogP) is 4.77. The number of rotatable bonds is 2. The van der Waals surface area contributed by atoms with Crippen molar-refractivity contribution >= 4 is 16.8 Å². The lowest BCUT2D eigenvalue weighted by molar-refractivity contribution is 0.108. The van der Waals surface area contributed by atoms with Gasteiger partial charge in [0.2, 0.25) is 0 Å². The minimum atomic E-state index is -0.476. The van der Waals surface area contributed by atoms with Gasteiger partial charge in [-0.15, -0.1) is 0 Å². The first kappa shape index (κ1) is 15.4. The minimum absolute atomic E-state index is 0.451. The average Bonchev–Trinajstić information content (AvgIpc) is 2.41. The largest absolute Gasteiger partial charge is 0.276 e. The van der Waals surface area contributed by atoms with E-state index in [1.54, 1.807) is 0 Å². The summed E-state index contributed by atoms with van der Waals surface area (Å²) in [7, 11) is 0. The fourth-order valence-corrected chi connectivity index (χ4v) is 1.96. The highest BCUT2D eigenvalue weighted by Gasteiger charge is 2.12. The number of carbonyl (C=O) groups excluding carboxylic acids is 1. The summed E-state index contributed by atoms with van der Waals surface area (Å²) >= 11 is 5.58. The van der Waals surface area contributed by atoms with Crippen molar-refractivity contribution in [3.8, 4) is 11.1 Å². The van der Waals surface area contributed by atoms with Gasteiger partial charge in [0, 0.05) is 11.9 Å². The van der Waals surface area contributed by atoms with Crippen molar-refractivity contribution < 1.29 is 4.79 Å². The Morgan fingerprint density at radius 2 is 1.74 bits per heavy atom. The van der Waals surface area contributed by atoms with Crippen LogP contribution >= 0.6 is 11.6 Å². The van der Waals surface area contributed by atoms with Gasteiger partial charge < -0.3 is 0 Å². The van der Waals surface area contributed by atoms with Crippen molar-refractivity contribution in [2.45, 2.75) is 27.7 Å². The van der Waals surface area contributed by atoms with E-state index < -0.39 is 5.24 Å². The maximum atomic E-state index is 11.4. The monoisotopic (exact) mass is 275 g/mol. The first-order valence-corrected chi connectivity index (χ1v) is 6.70. The van der Waals surface area contributed by atoms with Gasteiger partial charge in [0.15, 0.2) is 0 Å². The van der Waals surface area contributed by atoms with E-state index >= 15 is 0 Å². The minimum Gasteiger partial charge on any atom is -0.276 e. The van der Waals surface area contributed by atoms with Crippen LogP contribution in [0, 0.1) is 13.8 Å². The highest BCUT2D eigenvalue weighted by atomic mass is 35.5. The number of nitrogens with zero attached hydrogens (tertiary/aromatic N) is 1. The normalized spacial score (nSPS) is 9.53. The Kier molecular flexibility index (Phi) is 5.71. The van der Waals surface area contributed by atoms with Gasteiger partial charge in [0.25, 0.3) is 5.24 Å². The summed E-state index contributed by atoms with van der Waals surface area (Å²) < 4.78 is 0. The molecule has 2 rings (SSSR count). The van der Waals surface area contributed by atoms with Gasteiger partial charge in [0.05, 0.1) is 5.56 Å². The second-order valence-corrected chi connectivity index (χ2v) is 4.30. The van der Waals surface area contributed by atoms with Crippen molar-refractivity contribution in [3.63, 3.8) is 0 Å². The third-order valence-corrected chi connectivity index (χ3v) is 2.89. The van der Waals surface area contributed by atoms with Gasteiger partial charge in [0.1, 0.15) is 0 Å². The molecule has 100 valence electrons. The van der Waals surface area contributed by atoms with Crippen molar-refractivity contribution in [1.29, 1.82) is 0 Å². The fourth-order valence-electron chi connectivity index (χ4n) is 1.81. The summed E-state index contributed by atoms with van der Waals surface area (Å²) in [5.74, 6) is 0. The van der Waals surface area contributed by atoms with Crippen LogP contribution < -0.4 is 0 Å². The van der Waals surface area contributed by atoms with Crippen LogP contribution in [-0.2, 0) is 0 Å². The number of aryl methyl sites for hydroxylation is 2. The number of hydrogen-bond donors (Lipinski definition) is 0. The van der Waals surface area contributed by atoms with Crippen molar-refractivity contribution in [3.05, 3.63) is 53.3 Å². The van der Waals surface area contributed by atoms with Crippen molar-refractivity contribution in [1.82, 2.24) is 4.98 Å². The predicted molar refractivity (Wildman–Crippen MR) is 80.7 cm³/mol. The van der Waals surface area contributed by atoms with Gasteiger partial charge in [-0.05, 0) is 48.2 Å². The third-order valence-electron chi connectivity index (χ3n) is 2.69. The molecule has 0 radical (unpaired) electrons. The Morgan fingerprint density at radius 1 is 1.11 bits per heavy atom. The summed E-state index contributed by atoms with van der Waals surface area (Å²) in [6, 6.07) is 9.79. The van der Waals surface area contributed by atoms with Crippen LogP contribution in [0.1, 0.15) is 35.5 Å². The lowest BCUT2D eigenvalue weighted by Crippen LogP contribution is -1.97. The number of benzene rings is 1. The lowest BCUT2D eigenvalue weighted by atomic mass is 9.97. The Bertz CT molecular complexity index is 579. The van der Waals surface area contributed by atoms with Crippen molar-refractivity contribution in [2.75, 3.05) is 0 Å². The molecule has 0 N–H and O–H groups in total. The zero-order valence-corrected chi connectivity index (χ0v) is 12.5. The average molecular weight is 276 g/mol. The summed E-state index contributed by atoms with van der Waals surface area (Å²) in [6.07, 6.45) is 1.53. The second-order valence-electron chi connectivity index (χ2n) is 3.96. The van der Waals surface area contributed by atoms with Crippen LogP contribution in [0.2, 0.25) is 0 Å². The van der Waals surface area contributed by atoms with E-state index in [2.05, 4.69) is 4.98 Å². The van der Waals surface area contributed by atoms with E-state index in [1.807, 2.05) is 58.0 Å². The van der Waals surface area contributed by atoms with E-state index in [1.165, 1.54) is 6.20 Å². The summed E-state index contributed by atoms with van der Waals surface area (Å²) in [4.78, 5) is 15.5. The molecule has 0 aliphatic rings. The zero-order chi connectivity index (χ0) is 14.4. The molecule has 1 aromatic heterocycles. The highest BCUT2D eigenvalue weighted by Crippen LogP contribution is 2.27. The smallest absolute Gasteiger partial charge is 0.254 e. The van der Waals surface area contributed by atoms with Gasteiger partial charge in [-0.25, -0.2) is 0 Å². The van der Waals surface area contributed by atoms with Crippen LogP contribution in [0.4, 0.5) is 0 Å². The molecular weight excluding hydrogens is 258 g/mol. The van der Waals surface area contributed by atoms with E-state index in [4.69, 9.17) is 11.6 Å². The molecule has 2 aromatic rings. The molecular formula is C16H18ClNO. The molecule has 1 aromatic carbocycles. The van der Waals surface area contributed by atoms with E-state index in [-0.39, 0.29) is 0 Å². The molecule has 0 aliphatic heterocycles. The zero-order valence-electron chi connectivity index (χ0n) is 11.7. The van der Waals surface area contributed by atoms with E-state index in [0.29, 0.717) is 5.56 Å². The van der Waals surface area contributed by atoms with Crippen LogP contribution in [0.3, 0.4) is 0 Å². The Morgan fingerprint density at radius 3 is 2.32 bits per heavy atom. The molecule has 0 spiro atoms. The topological polar surface area (TPSA) is 30.0 Å². The number of aromatic nitrogens is 1. The number of pyridine rings is 1. The number of halogens is 1. The maximum Gasteiger partial charge on any atom is 0.254 e. The summed E-state index contributed by atoms with van der Waals surface area (Å²) in [5.41, 5.74) is 4.28. The van der Waals surface area contributed by atoms with Crippen LogP contribution in [0.25, 0.3) is 11.1 Å². The molecule has 0 saturated carbocycles. The second kappa shape index (κ2) is 7.05. The summed E-state index contributed by atoms with van der Waals surface area (Å²) in [5, 5.41) is -0.476. The SMILES string of the molecule is CC.Cc1cc(-c2ccccc2C)c(C(=O)Cl)cn1. The van der Waals surface area contributed by atoms with E-state index in [0.717, 1.165) is 22.4 Å². The highest BCUT2D eigenvalue weighted by molar-refractivity contribution is 6.68. The van der Waals surface area contributed by atoms with Gasteiger partial charge >= 0.3 is 0 Å². The quantitative estimate of drug-likeness (QED) is 0.739. The van der Waals surface area contributed by atoms with Crippen molar-refractivity contribution in [2.24, 2.45) is 0 Å². The molecule has 0 saturated heterocycles. The van der Waals surface area contributed by atoms with Gasteiger partial charge in [-0.3, -0.25) is 9.78 Å². The molecule has 0 atom stereocenters. The maximum absolute atomic E-state index is 11.4.